The molecule has 0 bridgehead atoms. The molecule has 0 radical (unpaired) electrons. The highest BCUT2D eigenvalue weighted by molar-refractivity contribution is 5.89. The molecule has 40 heavy (non-hydrogen) atoms. The highest BCUT2D eigenvalue weighted by Crippen LogP contribution is 2.32. The summed E-state index contributed by atoms with van der Waals surface area (Å²) in [5.74, 6) is 4.43. The summed E-state index contributed by atoms with van der Waals surface area (Å²) in [5.41, 5.74) is 0.726. The molecular formula is C34H51NO5. The Morgan fingerprint density at radius 3 is 2.12 bits per heavy atom. The largest absolute Gasteiger partial charge is 0.461 e. The first-order valence-corrected chi connectivity index (χ1v) is 15.8. The van der Waals surface area contributed by atoms with Crippen molar-refractivity contribution in [3.05, 3.63) is 35.9 Å². The van der Waals surface area contributed by atoms with Gasteiger partial charge in [0.25, 0.3) is 0 Å². The number of ether oxygens (including phenoxy) is 2. The molecule has 1 amide bonds. The van der Waals surface area contributed by atoms with E-state index in [9.17, 15) is 14.4 Å². The van der Waals surface area contributed by atoms with E-state index in [1.807, 2.05) is 30.3 Å². The van der Waals surface area contributed by atoms with Crippen LogP contribution < -0.4 is 5.32 Å². The van der Waals surface area contributed by atoms with Gasteiger partial charge in [-0.1, -0.05) is 128 Å². The first-order valence-electron chi connectivity index (χ1n) is 15.8. The van der Waals surface area contributed by atoms with E-state index < -0.39 is 12.1 Å². The second-order valence-electron chi connectivity index (χ2n) is 11.1. The van der Waals surface area contributed by atoms with Gasteiger partial charge in [0.2, 0.25) is 6.41 Å². The summed E-state index contributed by atoms with van der Waals surface area (Å²) in [6, 6.07) is 8.92. The van der Waals surface area contributed by atoms with Crippen LogP contribution in [-0.2, 0) is 23.9 Å². The van der Waals surface area contributed by atoms with Crippen LogP contribution in [0.25, 0.3) is 0 Å². The van der Waals surface area contributed by atoms with Gasteiger partial charge in [-0.15, -0.1) is 0 Å². The average Bonchev–Trinajstić information content (AvgIpc) is 2.96. The van der Waals surface area contributed by atoms with Gasteiger partial charge < -0.3 is 14.8 Å². The van der Waals surface area contributed by atoms with Crippen molar-refractivity contribution < 1.29 is 23.9 Å². The molecule has 0 saturated carbocycles. The molecule has 1 aliphatic rings. The SMILES string of the molecule is CCCCCCCCCCCC[C@H](NC=O)[C@H](C[C@@H]1OC(=O)[C@H]1CCCCCC)OC(=O)C#Cc1ccccc1. The lowest BCUT2D eigenvalue weighted by atomic mass is 9.85. The van der Waals surface area contributed by atoms with Crippen molar-refractivity contribution in [3.8, 4) is 11.8 Å². The van der Waals surface area contributed by atoms with Crippen molar-refractivity contribution in [2.45, 2.75) is 141 Å². The van der Waals surface area contributed by atoms with E-state index in [1.165, 1.54) is 44.9 Å². The van der Waals surface area contributed by atoms with E-state index in [0.29, 0.717) is 19.3 Å². The molecule has 1 aromatic rings. The predicted octanol–water partition coefficient (Wildman–Crippen LogP) is 7.28. The minimum Gasteiger partial charge on any atom is -0.461 e. The molecule has 0 aromatic heterocycles. The third-order valence-corrected chi connectivity index (χ3v) is 7.79. The molecule has 4 atom stereocenters. The Bertz CT molecular complexity index is 906. The van der Waals surface area contributed by atoms with Crippen molar-refractivity contribution in [2.75, 3.05) is 0 Å². The number of benzene rings is 1. The number of carbonyl (C=O) groups is 3. The molecule has 1 aliphatic heterocycles. The molecule has 0 unspecified atom stereocenters. The monoisotopic (exact) mass is 553 g/mol. The van der Waals surface area contributed by atoms with Crippen LogP contribution in [0, 0.1) is 17.8 Å². The zero-order chi connectivity index (χ0) is 28.8. The highest BCUT2D eigenvalue weighted by atomic mass is 16.6. The Hall–Kier alpha value is -2.81. The van der Waals surface area contributed by atoms with Gasteiger partial charge in [0.15, 0.2) is 0 Å². The molecular weight excluding hydrogens is 502 g/mol. The van der Waals surface area contributed by atoms with E-state index in [4.69, 9.17) is 9.47 Å². The van der Waals surface area contributed by atoms with Gasteiger partial charge in [-0.05, 0) is 25.0 Å². The molecule has 0 aliphatic carbocycles. The number of amides is 1. The summed E-state index contributed by atoms with van der Waals surface area (Å²) in [4.78, 5) is 36.5. The molecule has 1 N–H and O–H groups in total. The van der Waals surface area contributed by atoms with Crippen LogP contribution in [0.3, 0.4) is 0 Å². The quantitative estimate of drug-likeness (QED) is 0.0706. The maximum absolute atomic E-state index is 12.7. The molecule has 1 heterocycles. The van der Waals surface area contributed by atoms with Crippen LogP contribution in [0.4, 0.5) is 0 Å². The molecule has 6 nitrogen and oxygen atoms in total. The van der Waals surface area contributed by atoms with E-state index in [1.54, 1.807) is 0 Å². The molecule has 6 heteroatoms. The van der Waals surface area contributed by atoms with Gasteiger partial charge in [-0.3, -0.25) is 9.59 Å². The normalized spacial score (nSPS) is 17.5. The van der Waals surface area contributed by atoms with Crippen LogP contribution in [0.2, 0.25) is 0 Å². The lowest BCUT2D eigenvalue weighted by Gasteiger charge is -2.38. The molecule has 1 aromatic carbocycles. The summed E-state index contributed by atoms with van der Waals surface area (Å²) in [6.07, 6.45) is 18.2. The summed E-state index contributed by atoms with van der Waals surface area (Å²) in [7, 11) is 0. The number of nitrogens with one attached hydrogen (secondary N) is 1. The van der Waals surface area contributed by atoms with Crippen LogP contribution in [0.5, 0.6) is 0 Å². The minimum absolute atomic E-state index is 0.176. The fraction of sp³-hybridized carbons (Fsp3) is 0.676. The van der Waals surface area contributed by atoms with Crippen LogP contribution in [-0.4, -0.2) is 36.6 Å². The van der Waals surface area contributed by atoms with E-state index in [0.717, 1.165) is 56.9 Å². The smallest absolute Gasteiger partial charge is 0.385 e. The first kappa shape index (κ1) is 33.4. The van der Waals surface area contributed by atoms with E-state index in [-0.39, 0.29) is 24.0 Å². The number of rotatable bonds is 22. The topological polar surface area (TPSA) is 81.7 Å². The van der Waals surface area contributed by atoms with E-state index in [2.05, 4.69) is 31.0 Å². The maximum atomic E-state index is 12.7. The number of hydrogen-bond donors (Lipinski definition) is 1. The number of esters is 2. The van der Waals surface area contributed by atoms with Crippen molar-refractivity contribution in [3.63, 3.8) is 0 Å². The van der Waals surface area contributed by atoms with Gasteiger partial charge in [-0.25, -0.2) is 4.79 Å². The van der Waals surface area contributed by atoms with Crippen LogP contribution in [0.1, 0.15) is 129 Å². The van der Waals surface area contributed by atoms with E-state index >= 15 is 0 Å². The zero-order valence-corrected chi connectivity index (χ0v) is 24.8. The highest BCUT2D eigenvalue weighted by Gasteiger charge is 2.44. The maximum Gasteiger partial charge on any atom is 0.385 e. The average molecular weight is 554 g/mol. The van der Waals surface area contributed by atoms with Crippen LogP contribution >= 0.6 is 0 Å². The molecule has 1 fully saturated rings. The Labute approximate surface area is 242 Å². The molecule has 2 rings (SSSR count). The second-order valence-corrected chi connectivity index (χ2v) is 11.1. The Balaban J connectivity index is 1.95. The minimum atomic E-state index is -0.639. The second kappa shape index (κ2) is 21.0. The fourth-order valence-corrected chi connectivity index (χ4v) is 5.36. The lowest BCUT2D eigenvalue weighted by molar-refractivity contribution is -0.190. The summed E-state index contributed by atoms with van der Waals surface area (Å²) < 4.78 is 11.3. The summed E-state index contributed by atoms with van der Waals surface area (Å²) in [5, 5.41) is 2.89. The molecule has 222 valence electrons. The first-order chi connectivity index (χ1) is 19.6. The summed E-state index contributed by atoms with van der Waals surface area (Å²) in [6.45, 7) is 4.40. The molecule has 0 spiro atoms. The number of carbonyl (C=O) groups excluding carboxylic acids is 3. The predicted molar refractivity (Wildman–Crippen MR) is 159 cm³/mol. The van der Waals surface area contributed by atoms with Crippen molar-refractivity contribution in [1.29, 1.82) is 0 Å². The Kier molecular flexibility index (Phi) is 17.5. The number of cyclic esters (lactones) is 1. The van der Waals surface area contributed by atoms with Gasteiger partial charge in [0.1, 0.15) is 12.2 Å². The fourth-order valence-electron chi connectivity index (χ4n) is 5.36. The number of hydrogen-bond acceptors (Lipinski definition) is 5. The van der Waals surface area contributed by atoms with Gasteiger partial charge in [0.05, 0.1) is 12.0 Å². The zero-order valence-electron chi connectivity index (χ0n) is 24.8. The van der Waals surface area contributed by atoms with Crippen LogP contribution in [0.15, 0.2) is 30.3 Å². The Morgan fingerprint density at radius 1 is 0.925 bits per heavy atom. The lowest BCUT2D eigenvalue weighted by Crippen LogP contribution is -2.51. The number of unbranched alkanes of at least 4 members (excludes halogenated alkanes) is 12. The summed E-state index contributed by atoms with van der Waals surface area (Å²) >= 11 is 0. The third kappa shape index (κ3) is 13.5. The van der Waals surface area contributed by atoms with Gasteiger partial charge >= 0.3 is 11.9 Å². The standard InChI is InChI=1S/C34H51NO5/c1-3-5-7-9-10-11-12-13-14-19-23-30(35-27-36)32(39-33(37)25-24-28-20-16-15-17-21-28)26-31-29(34(38)40-31)22-18-8-6-4-2/h15-17,20-21,27,29-32H,3-14,18-19,22-23,26H2,1-2H3,(H,35,36)/t29-,30-,31-,32-/m0/s1. The Morgan fingerprint density at radius 2 is 1.52 bits per heavy atom. The van der Waals surface area contributed by atoms with Crippen molar-refractivity contribution in [2.24, 2.45) is 5.92 Å². The van der Waals surface area contributed by atoms with Crippen molar-refractivity contribution in [1.82, 2.24) is 5.32 Å². The van der Waals surface area contributed by atoms with Gasteiger partial charge in [0, 0.05) is 17.9 Å². The van der Waals surface area contributed by atoms with Crippen molar-refractivity contribution >= 4 is 18.3 Å². The molecule has 1 saturated heterocycles. The van der Waals surface area contributed by atoms with Gasteiger partial charge in [-0.2, -0.15) is 0 Å². The third-order valence-electron chi connectivity index (χ3n) is 7.79.